The Morgan fingerprint density at radius 1 is 1.19 bits per heavy atom. The van der Waals surface area contributed by atoms with Crippen molar-refractivity contribution in [1.82, 2.24) is 14.6 Å². The van der Waals surface area contributed by atoms with E-state index in [9.17, 15) is 14.4 Å². The summed E-state index contributed by atoms with van der Waals surface area (Å²) < 4.78 is 11.8. The van der Waals surface area contributed by atoms with Gasteiger partial charge >= 0.3 is 0 Å². The van der Waals surface area contributed by atoms with Crippen LogP contribution in [0.4, 0.5) is 5.69 Å². The van der Waals surface area contributed by atoms with Crippen LogP contribution < -0.4 is 10.9 Å². The highest BCUT2D eigenvalue weighted by molar-refractivity contribution is 6.33. The van der Waals surface area contributed by atoms with Gasteiger partial charge in [-0.2, -0.15) is 0 Å². The van der Waals surface area contributed by atoms with Crippen molar-refractivity contribution in [3.63, 3.8) is 0 Å². The van der Waals surface area contributed by atoms with Crippen LogP contribution in [0, 0.1) is 6.92 Å². The Labute approximate surface area is 188 Å². The lowest BCUT2D eigenvalue weighted by molar-refractivity contribution is 0.0302. The normalized spacial score (nSPS) is 13.8. The number of carbonyl (C=O) groups is 2. The van der Waals surface area contributed by atoms with Gasteiger partial charge in [-0.15, -0.1) is 0 Å². The highest BCUT2D eigenvalue weighted by Gasteiger charge is 2.25. The number of ether oxygens (including phenoxy) is 1. The Hall–Kier alpha value is -3.43. The van der Waals surface area contributed by atoms with E-state index in [1.54, 1.807) is 36.1 Å². The van der Waals surface area contributed by atoms with Crippen LogP contribution in [0.5, 0.6) is 0 Å². The second-order valence-corrected chi connectivity index (χ2v) is 7.77. The Morgan fingerprint density at radius 3 is 2.62 bits per heavy atom. The third-order valence-corrected chi connectivity index (χ3v) is 5.53. The van der Waals surface area contributed by atoms with E-state index in [2.05, 4.69) is 10.5 Å². The first-order valence-electron chi connectivity index (χ1n) is 9.97. The van der Waals surface area contributed by atoms with Crippen LogP contribution in [0.1, 0.15) is 26.5 Å². The first-order chi connectivity index (χ1) is 15.4. The number of nitrogens with one attached hydrogen (secondary N) is 1. The average Bonchev–Trinajstić information content (AvgIpc) is 3.18. The molecule has 166 valence electrons. The third kappa shape index (κ3) is 4.17. The molecule has 1 aromatic carbocycles. The number of hydrogen-bond acceptors (Lipinski definition) is 6. The number of halogens is 1. The maximum Gasteiger partial charge on any atom is 0.274 e. The summed E-state index contributed by atoms with van der Waals surface area (Å²) in [5, 5.41) is 7.00. The van der Waals surface area contributed by atoms with Gasteiger partial charge in [0.15, 0.2) is 0 Å². The Morgan fingerprint density at radius 2 is 1.91 bits per heavy atom. The standard InChI is InChI=1S/C22H21ClN4O5/c1-13-18(19(25-32-13)15-5-3-4-6-16(15)23)20(28)24-17-11-14(12-26(2)22(17)30)21(29)27-7-9-31-10-8-27/h3-6,11-12H,7-10H2,1-2H3,(H,24,28). The molecule has 0 saturated carbocycles. The van der Waals surface area contributed by atoms with E-state index in [-0.39, 0.29) is 34.2 Å². The van der Waals surface area contributed by atoms with E-state index in [4.69, 9.17) is 20.9 Å². The molecular weight excluding hydrogens is 436 g/mol. The number of amides is 2. The fraction of sp³-hybridized carbons (Fsp3) is 0.273. The summed E-state index contributed by atoms with van der Waals surface area (Å²) in [5.41, 5.74) is 0.763. The van der Waals surface area contributed by atoms with Crippen LogP contribution in [0.25, 0.3) is 11.3 Å². The van der Waals surface area contributed by atoms with E-state index in [0.717, 1.165) is 0 Å². The zero-order chi connectivity index (χ0) is 22.8. The van der Waals surface area contributed by atoms with Gasteiger partial charge in [0, 0.05) is 31.9 Å². The molecule has 32 heavy (non-hydrogen) atoms. The quantitative estimate of drug-likeness (QED) is 0.647. The Kier molecular flexibility index (Phi) is 6.11. The van der Waals surface area contributed by atoms with Crippen molar-refractivity contribution in [1.29, 1.82) is 0 Å². The van der Waals surface area contributed by atoms with Gasteiger partial charge in [0.1, 0.15) is 22.7 Å². The lowest BCUT2D eigenvalue weighted by Gasteiger charge is -2.27. The Bertz CT molecular complexity index is 1240. The molecule has 1 fully saturated rings. The number of morpholine rings is 1. The topological polar surface area (TPSA) is 107 Å². The fourth-order valence-corrected chi connectivity index (χ4v) is 3.75. The molecule has 2 aromatic heterocycles. The smallest absolute Gasteiger partial charge is 0.274 e. The van der Waals surface area contributed by atoms with Crippen molar-refractivity contribution in [2.75, 3.05) is 31.6 Å². The molecule has 1 aliphatic heterocycles. The number of carbonyl (C=O) groups excluding carboxylic acids is 2. The first-order valence-corrected chi connectivity index (χ1v) is 10.3. The van der Waals surface area contributed by atoms with Crippen LogP contribution in [-0.2, 0) is 11.8 Å². The van der Waals surface area contributed by atoms with Crippen molar-refractivity contribution in [3.05, 3.63) is 68.8 Å². The second-order valence-electron chi connectivity index (χ2n) is 7.36. The summed E-state index contributed by atoms with van der Waals surface area (Å²) in [6, 6.07) is 8.31. The highest BCUT2D eigenvalue weighted by Crippen LogP contribution is 2.31. The number of aryl methyl sites for hydroxylation is 2. The average molecular weight is 457 g/mol. The summed E-state index contributed by atoms with van der Waals surface area (Å²) >= 11 is 6.26. The summed E-state index contributed by atoms with van der Waals surface area (Å²) in [6.45, 7) is 3.44. The minimum Gasteiger partial charge on any atom is -0.378 e. The van der Waals surface area contributed by atoms with Gasteiger partial charge in [0.05, 0.1) is 23.8 Å². The van der Waals surface area contributed by atoms with Crippen molar-refractivity contribution < 1.29 is 18.8 Å². The highest BCUT2D eigenvalue weighted by atomic mass is 35.5. The predicted octanol–water partition coefficient (Wildman–Crippen LogP) is 2.73. The van der Waals surface area contributed by atoms with Gasteiger partial charge in [-0.05, 0) is 19.1 Å². The van der Waals surface area contributed by atoms with Crippen LogP contribution in [0.3, 0.4) is 0 Å². The van der Waals surface area contributed by atoms with Crippen molar-refractivity contribution >= 4 is 29.1 Å². The molecule has 0 aliphatic carbocycles. The second kappa shape index (κ2) is 8.97. The number of pyridine rings is 1. The van der Waals surface area contributed by atoms with Crippen LogP contribution in [0.15, 0.2) is 45.8 Å². The summed E-state index contributed by atoms with van der Waals surface area (Å²) in [6.07, 6.45) is 1.45. The molecule has 0 radical (unpaired) electrons. The van der Waals surface area contributed by atoms with Crippen LogP contribution in [0.2, 0.25) is 5.02 Å². The molecule has 0 bridgehead atoms. The van der Waals surface area contributed by atoms with E-state index in [1.165, 1.54) is 23.9 Å². The lowest BCUT2D eigenvalue weighted by atomic mass is 10.1. The molecule has 0 atom stereocenters. The van der Waals surface area contributed by atoms with Crippen molar-refractivity contribution in [2.45, 2.75) is 6.92 Å². The van der Waals surface area contributed by atoms with Gasteiger partial charge < -0.3 is 24.0 Å². The molecule has 0 spiro atoms. The van der Waals surface area contributed by atoms with Crippen LogP contribution >= 0.6 is 11.6 Å². The number of hydrogen-bond donors (Lipinski definition) is 1. The fourth-order valence-electron chi connectivity index (χ4n) is 3.53. The minimum absolute atomic E-state index is 0.0256. The maximum absolute atomic E-state index is 13.1. The summed E-state index contributed by atoms with van der Waals surface area (Å²) in [5.74, 6) is -0.557. The van der Waals surface area contributed by atoms with E-state index in [1.807, 2.05) is 0 Å². The molecule has 1 saturated heterocycles. The monoisotopic (exact) mass is 456 g/mol. The number of nitrogens with zero attached hydrogens (tertiary/aromatic N) is 3. The van der Waals surface area contributed by atoms with Crippen LogP contribution in [-0.4, -0.2) is 52.7 Å². The molecule has 1 N–H and O–H groups in total. The zero-order valence-electron chi connectivity index (χ0n) is 17.6. The summed E-state index contributed by atoms with van der Waals surface area (Å²) in [7, 11) is 1.52. The molecule has 10 heteroatoms. The number of aromatic nitrogens is 2. The number of benzene rings is 1. The SMILES string of the molecule is Cc1onc(-c2ccccc2Cl)c1C(=O)Nc1cc(C(=O)N2CCOCC2)cn(C)c1=O. The first kappa shape index (κ1) is 21.8. The van der Waals surface area contributed by atoms with Gasteiger partial charge in [-0.1, -0.05) is 35.0 Å². The van der Waals surface area contributed by atoms with Crippen molar-refractivity contribution in [2.24, 2.45) is 7.05 Å². The van der Waals surface area contributed by atoms with Gasteiger partial charge in [-0.3, -0.25) is 14.4 Å². The lowest BCUT2D eigenvalue weighted by Crippen LogP contribution is -2.41. The largest absolute Gasteiger partial charge is 0.378 e. The Balaban J connectivity index is 1.67. The molecule has 1 aliphatic rings. The molecule has 3 heterocycles. The maximum atomic E-state index is 13.1. The third-order valence-electron chi connectivity index (χ3n) is 5.20. The molecule has 9 nitrogen and oxygen atoms in total. The van der Waals surface area contributed by atoms with E-state index in [0.29, 0.717) is 36.9 Å². The molecule has 0 unspecified atom stereocenters. The molecule has 2 amide bonds. The number of rotatable bonds is 4. The molecular formula is C22H21ClN4O5. The summed E-state index contributed by atoms with van der Waals surface area (Å²) in [4.78, 5) is 40.3. The van der Waals surface area contributed by atoms with E-state index < -0.39 is 11.5 Å². The van der Waals surface area contributed by atoms with Gasteiger partial charge in [0.25, 0.3) is 17.4 Å². The van der Waals surface area contributed by atoms with Gasteiger partial charge in [0.2, 0.25) is 0 Å². The molecule has 4 rings (SSSR count). The number of anilines is 1. The zero-order valence-corrected chi connectivity index (χ0v) is 18.3. The van der Waals surface area contributed by atoms with Gasteiger partial charge in [-0.25, -0.2) is 0 Å². The molecule has 3 aromatic rings. The minimum atomic E-state index is -0.591. The van der Waals surface area contributed by atoms with Crippen molar-refractivity contribution in [3.8, 4) is 11.3 Å². The van der Waals surface area contributed by atoms with E-state index >= 15 is 0 Å². The predicted molar refractivity (Wildman–Crippen MR) is 118 cm³/mol.